The van der Waals surface area contributed by atoms with E-state index < -0.39 is 16.6 Å². The zero-order valence-electron chi connectivity index (χ0n) is 11.9. The Labute approximate surface area is 109 Å². The summed E-state index contributed by atoms with van der Waals surface area (Å²) in [6.07, 6.45) is 0. The Morgan fingerprint density at radius 2 is 1.12 bits per heavy atom. The van der Waals surface area contributed by atoms with Crippen molar-refractivity contribution in [1.82, 2.24) is 0 Å². The van der Waals surface area contributed by atoms with Gasteiger partial charge in [0.15, 0.2) is 0 Å². The maximum atomic E-state index is 13.1. The van der Waals surface area contributed by atoms with Gasteiger partial charge in [-0.25, -0.2) is 0 Å². The molecule has 0 aliphatic rings. The molecule has 0 saturated carbocycles. The summed E-state index contributed by atoms with van der Waals surface area (Å²) in [5.74, 6) is -0.124. The van der Waals surface area contributed by atoms with E-state index in [-0.39, 0.29) is 5.82 Å². The first-order chi connectivity index (χ1) is 7.83. The molecule has 0 bridgehead atoms. The molecule has 0 atom stereocenters. The molecule has 1 aromatic carbocycles. The van der Waals surface area contributed by atoms with Crippen LogP contribution in [0.3, 0.4) is 0 Å². The summed E-state index contributed by atoms with van der Waals surface area (Å²) in [6, 6.07) is 7.33. The molecule has 17 heavy (non-hydrogen) atoms. The van der Waals surface area contributed by atoms with Crippen molar-refractivity contribution in [2.75, 3.05) is 0 Å². The Kier molecular flexibility index (Phi) is 4.98. The van der Waals surface area contributed by atoms with E-state index in [2.05, 4.69) is 41.5 Å². The second kappa shape index (κ2) is 5.67. The van der Waals surface area contributed by atoms with Crippen molar-refractivity contribution < 1.29 is 21.0 Å². The van der Waals surface area contributed by atoms with Crippen LogP contribution in [0.25, 0.3) is 0 Å². The van der Waals surface area contributed by atoms with Gasteiger partial charge in [-0.15, -0.1) is 0 Å². The minimum absolute atomic E-state index is 0.124. The summed E-state index contributed by atoms with van der Waals surface area (Å²) in [6.45, 7) is 14.1. The first-order valence-electron chi connectivity index (χ1n) is 6.59. The molecule has 0 heterocycles. The van der Waals surface area contributed by atoms with Gasteiger partial charge in [-0.2, -0.15) is 0 Å². The summed E-state index contributed by atoms with van der Waals surface area (Å²) in [7, 11) is 0. The number of benzene rings is 1. The van der Waals surface area contributed by atoms with Crippen LogP contribution in [0.5, 0.6) is 0 Å². The van der Waals surface area contributed by atoms with Gasteiger partial charge in [-0.05, 0) is 0 Å². The van der Waals surface area contributed by atoms with Gasteiger partial charge >= 0.3 is 109 Å². The van der Waals surface area contributed by atoms with Crippen molar-refractivity contribution in [2.45, 2.75) is 54.2 Å². The van der Waals surface area contributed by atoms with Crippen LogP contribution in [0.15, 0.2) is 24.3 Å². The Morgan fingerprint density at radius 3 is 1.41 bits per heavy atom. The second-order valence-electron chi connectivity index (χ2n) is 5.90. The number of halogens is 1. The molecule has 0 fully saturated rings. The van der Waals surface area contributed by atoms with Crippen LogP contribution in [0, 0.1) is 5.82 Å². The molecule has 0 radical (unpaired) electrons. The predicted molar refractivity (Wildman–Crippen MR) is 71.3 cm³/mol. The van der Waals surface area contributed by atoms with Crippen LogP contribution in [0.2, 0.25) is 12.7 Å². The zero-order valence-corrected chi connectivity index (χ0v) is 13.5. The summed E-state index contributed by atoms with van der Waals surface area (Å²) in [5, 5.41) is 0. The fourth-order valence-corrected chi connectivity index (χ4v) is 14.3. The van der Waals surface area contributed by atoms with E-state index in [0.717, 1.165) is 12.7 Å². The SMILES string of the molecule is C[CH](C)[Ti]([c]1ccc(F)cc1)([CH](C)C)[CH](C)C. The third-order valence-corrected chi connectivity index (χ3v) is 15.2. The van der Waals surface area contributed by atoms with Gasteiger partial charge in [0.2, 0.25) is 0 Å². The van der Waals surface area contributed by atoms with Crippen LogP contribution in [0.1, 0.15) is 41.5 Å². The number of hydrogen-bond acceptors (Lipinski definition) is 0. The average Bonchev–Trinajstić information content (AvgIpc) is 2.20. The molecule has 2 heteroatoms. The third-order valence-electron chi connectivity index (χ3n) is 4.21. The van der Waals surface area contributed by atoms with E-state index in [9.17, 15) is 4.39 Å². The second-order valence-corrected chi connectivity index (χ2v) is 15.1. The quantitative estimate of drug-likeness (QED) is 0.670. The third kappa shape index (κ3) is 2.66. The van der Waals surface area contributed by atoms with E-state index in [1.54, 1.807) is 12.1 Å². The molecule has 1 rings (SSSR count). The molecule has 0 amide bonds. The summed E-state index contributed by atoms with van der Waals surface area (Å²) >= 11 is -2.19. The molecule has 0 unspecified atom stereocenters. The molecule has 0 aliphatic heterocycles. The van der Waals surface area contributed by atoms with Crippen molar-refractivity contribution in [1.29, 1.82) is 0 Å². The first-order valence-corrected chi connectivity index (χ1v) is 10.1. The van der Waals surface area contributed by atoms with Crippen molar-refractivity contribution in [3.63, 3.8) is 0 Å². The maximum absolute atomic E-state index is 13.1. The van der Waals surface area contributed by atoms with Crippen molar-refractivity contribution in [2.24, 2.45) is 0 Å². The van der Waals surface area contributed by atoms with E-state index in [1.807, 2.05) is 12.1 Å². The van der Waals surface area contributed by atoms with Crippen LogP contribution in [0.4, 0.5) is 4.39 Å². The van der Waals surface area contributed by atoms with Crippen LogP contribution >= 0.6 is 0 Å². The van der Waals surface area contributed by atoms with Gasteiger partial charge in [0.25, 0.3) is 0 Å². The molecular formula is C15H25FTi. The predicted octanol–water partition coefficient (Wildman–Crippen LogP) is 5.09. The molecule has 0 spiro atoms. The standard InChI is InChI=1S/C6H4F.3C3H7.Ti/c7-6-4-2-1-3-5-6;3*1-3-2;/h2-5H;3*3H,1-2H3;. The monoisotopic (exact) mass is 272 g/mol. The fourth-order valence-electron chi connectivity index (χ4n) is 3.74. The Hall–Kier alpha value is -0.136. The number of hydrogen-bond donors (Lipinski definition) is 0. The van der Waals surface area contributed by atoms with E-state index in [0.29, 0.717) is 0 Å². The molecule has 0 N–H and O–H groups in total. The molecular weight excluding hydrogens is 247 g/mol. The Balaban J connectivity index is 3.36. The van der Waals surface area contributed by atoms with Crippen molar-refractivity contribution in [3.05, 3.63) is 30.1 Å². The van der Waals surface area contributed by atoms with Gasteiger partial charge in [0.05, 0.1) is 0 Å². The minimum atomic E-state index is -2.19. The topological polar surface area (TPSA) is 0 Å². The molecule has 0 aromatic heterocycles. The summed E-state index contributed by atoms with van der Waals surface area (Å²) in [4.78, 5) is 0. The molecule has 1 aromatic rings. The zero-order chi connectivity index (χ0) is 13.2. The molecule has 0 nitrogen and oxygen atoms in total. The molecule has 0 saturated heterocycles. The van der Waals surface area contributed by atoms with Gasteiger partial charge in [0.1, 0.15) is 0 Å². The van der Waals surface area contributed by atoms with E-state index >= 15 is 0 Å². The number of rotatable bonds is 4. The van der Waals surface area contributed by atoms with Crippen molar-refractivity contribution >= 4 is 3.87 Å². The van der Waals surface area contributed by atoms with Crippen LogP contribution in [-0.2, 0) is 16.6 Å². The Morgan fingerprint density at radius 1 is 0.765 bits per heavy atom. The Bertz CT molecular complexity index is 330. The van der Waals surface area contributed by atoms with Crippen LogP contribution in [-0.4, -0.2) is 0 Å². The summed E-state index contributed by atoms with van der Waals surface area (Å²) in [5.41, 5.74) is 0. The first kappa shape index (κ1) is 14.9. The van der Waals surface area contributed by atoms with Gasteiger partial charge < -0.3 is 0 Å². The van der Waals surface area contributed by atoms with Gasteiger partial charge in [-0.1, -0.05) is 0 Å². The normalized spacial score (nSPS) is 12.8. The van der Waals surface area contributed by atoms with E-state index in [1.165, 1.54) is 3.87 Å². The van der Waals surface area contributed by atoms with Crippen molar-refractivity contribution in [3.8, 4) is 0 Å². The average molecular weight is 272 g/mol. The van der Waals surface area contributed by atoms with Crippen LogP contribution < -0.4 is 3.87 Å². The summed E-state index contributed by atoms with van der Waals surface area (Å²) < 4.78 is 16.7. The fraction of sp³-hybridized carbons (Fsp3) is 0.600. The molecule has 96 valence electrons. The van der Waals surface area contributed by atoms with E-state index in [4.69, 9.17) is 0 Å². The molecule has 0 aliphatic carbocycles. The van der Waals surface area contributed by atoms with Gasteiger partial charge in [0, 0.05) is 0 Å². The van der Waals surface area contributed by atoms with Gasteiger partial charge in [-0.3, -0.25) is 0 Å².